The molecule has 160 valence electrons. The first kappa shape index (κ1) is 22.7. The maximum absolute atomic E-state index is 13.5. The number of halogens is 1. The van der Waals surface area contributed by atoms with Gasteiger partial charge in [-0.1, -0.05) is 55.0 Å². The first-order valence-corrected chi connectivity index (χ1v) is 12.7. The van der Waals surface area contributed by atoms with Crippen LogP contribution in [0.15, 0.2) is 47.4 Å². The van der Waals surface area contributed by atoms with Crippen LogP contribution in [-0.2, 0) is 9.84 Å². The van der Waals surface area contributed by atoms with Gasteiger partial charge >= 0.3 is 0 Å². The van der Waals surface area contributed by atoms with Gasteiger partial charge in [-0.05, 0) is 37.4 Å². The van der Waals surface area contributed by atoms with Crippen molar-refractivity contribution < 1.29 is 13.2 Å². The second-order valence-electron chi connectivity index (χ2n) is 6.84. The summed E-state index contributed by atoms with van der Waals surface area (Å²) >= 11 is 7.65. The number of likely N-dealkylation sites (N-methyl/N-ethyl adjacent to an activating group) is 1. The number of nitrogens with zero attached hydrogens (tertiary/aromatic N) is 3. The van der Waals surface area contributed by atoms with Crippen LogP contribution in [-0.4, -0.2) is 56.6 Å². The maximum atomic E-state index is 13.5. The lowest BCUT2D eigenvalue weighted by Gasteiger charge is -2.25. The van der Waals surface area contributed by atoms with Crippen LogP contribution in [0.1, 0.15) is 24.2 Å². The predicted molar refractivity (Wildman–Crippen MR) is 124 cm³/mol. The number of amides is 1. The van der Waals surface area contributed by atoms with E-state index >= 15 is 0 Å². The summed E-state index contributed by atoms with van der Waals surface area (Å²) in [5, 5.41) is 1.02. The minimum absolute atomic E-state index is 0.0157. The molecule has 2 aromatic carbocycles. The minimum Gasteiger partial charge on any atom is -0.302 e. The van der Waals surface area contributed by atoms with Gasteiger partial charge in [-0.15, -0.1) is 0 Å². The van der Waals surface area contributed by atoms with Crippen LogP contribution in [0.2, 0.25) is 5.02 Å². The van der Waals surface area contributed by atoms with Crippen LogP contribution < -0.4 is 4.90 Å². The zero-order chi connectivity index (χ0) is 21.9. The molecule has 0 spiro atoms. The molecule has 0 atom stereocenters. The van der Waals surface area contributed by atoms with E-state index in [9.17, 15) is 13.2 Å². The van der Waals surface area contributed by atoms with E-state index in [1.807, 2.05) is 12.1 Å². The van der Waals surface area contributed by atoms with Crippen molar-refractivity contribution in [1.29, 1.82) is 0 Å². The van der Waals surface area contributed by atoms with E-state index < -0.39 is 15.7 Å². The highest BCUT2D eigenvalue weighted by Gasteiger charge is 2.26. The van der Waals surface area contributed by atoms with E-state index in [1.165, 1.54) is 17.4 Å². The van der Waals surface area contributed by atoms with Crippen molar-refractivity contribution >= 4 is 54.0 Å². The molecule has 0 saturated heterocycles. The lowest BCUT2D eigenvalue weighted by Crippen LogP contribution is -2.39. The van der Waals surface area contributed by atoms with Gasteiger partial charge in [0, 0.05) is 19.3 Å². The fourth-order valence-electron chi connectivity index (χ4n) is 3.20. The van der Waals surface area contributed by atoms with Gasteiger partial charge < -0.3 is 4.90 Å². The van der Waals surface area contributed by atoms with Gasteiger partial charge in [0.05, 0.1) is 20.2 Å². The smallest absolute Gasteiger partial charge is 0.261 e. The lowest BCUT2D eigenvalue weighted by atomic mass is 10.2. The Morgan fingerprint density at radius 3 is 2.40 bits per heavy atom. The molecule has 0 unspecified atom stereocenters. The van der Waals surface area contributed by atoms with E-state index in [1.54, 1.807) is 29.2 Å². The van der Waals surface area contributed by atoms with Gasteiger partial charge in [0.2, 0.25) is 0 Å². The van der Waals surface area contributed by atoms with Gasteiger partial charge in [0.15, 0.2) is 15.0 Å². The predicted octanol–water partition coefficient (Wildman–Crippen LogP) is 4.34. The Balaban J connectivity index is 2.07. The van der Waals surface area contributed by atoms with Gasteiger partial charge in [-0.25, -0.2) is 13.4 Å². The number of thiazole rings is 1. The normalized spacial score (nSPS) is 11.9. The molecule has 0 aliphatic rings. The highest BCUT2D eigenvalue weighted by atomic mass is 35.5. The van der Waals surface area contributed by atoms with Gasteiger partial charge in [-0.2, -0.15) is 0 Å². The number of rotatable bonds is 8. The molecule has 9 heteroatoms. The first-order valence-electron chi connectivity index (χ1n) is 9.64. The molecule has 0 aliphatic carbocycles. The molecule has 1 heterocycles. The topological polar surface area (TPSA) is 70.6 Å². The van der Waals surface area contributed by atoms with Crippen molar-refractivity contribution in [3.05, 3.63) is 53.1 Å². The van der Waals surface area contributed by atoms with E-state index in [-0.39, 0.29) is 10.5 Å². The molecule has 0 saturated carbocycles. The van der Waals surface area contributed by atoms with Gasteiger partial charge in [0.1, 0.15) is 5.52 Å². The van der Waals surface area contributed by atoms with Crippen LogP contribution in [0.3, 0.4) is 0 Å². The largest absolute Gasteiger partial charge is 0.302 e. The monoisotopic (exact) mass is 465 g/mol. The van der Waals surface area contributed by atoms with Crippen molar-refractivity contribution in [1.82, 2.24) is 9.88 Å². The summed E-state index contributed by atoms with van der Waals surface area (Å²) in [5.74, 6) is -0.390. The molecule has 1 amide bonds. The number of para-hydroxylation sites is 1. The van der Waals surface area contributed by atoms with Crippen LogP contribution in [0.5, 0.6) is 0 Å². The lowest BCUT2D eigenvalue weighted by molar-refractivity contribution is 0.0980. The zero-order valence-corrected chi connectivity index (χ0v) is 19.5. The van der Waals surface area contributed by atoms with Crippen molar-refractivity contribution in [3.63, 3.8) is 0 Å². The standard InChI is InChI=1S/C21H24ClN3O3S2/c1-4-24(5-2)13-14-25(21-23-19-16(22)10-8-11-17(19)29-21)20(26)15-9-6-7-12-18(15)30(3,27)28/h6-12H,4-5,13-14H2,1-3H3. The number of sulfone groups is 1. The number of anilines is 1. The number of aromatic nitrogens is 1. The van der Waals surface area contributed by atoms with Crippen LogP contribution in [0.25, 0.3) is 10.2 Å². The fraction of sp³-hybridized carbons (Fsp3) is 0.333. The van der Waals surface area contributed by atoms with Crippen molar-refractivity contribution in [3.8, 4) is 0 Å². The third kappa shape index (κ3) is 4.83. The molecule has 1 aromatic heterocycles. The Kier molecular flexibility index (Phi) is 7.13. The molecule has 0 aliphatic heterocycles. The molecule has 0 radical (unpaired) electrons. The highest BCUT2D eigenvalue weighted by Crippen LogP contribution is 2.33. The number of hydrogen-bond acceptors (Lipinski definition) is 6. The average Bonchev–Trinajstić information content (AvgIpc) is 3.15. The molecule has 6 nitrogen and oxygen atoms in total. The molecule has 0 N–H and O–H groups in total. The summed E-state index contributed by atoms with van der Waals surface area (Å²) < 4.78 is 25.4. The van der Waals surface area contributed by atoms with Crippen molar-refractivity contribution in [2.75, 3.05) is 37.3 Å². The molecular weight excluding hydrogens is 442 g/mol. The Morgan fingerprint density at radius 1 is 1.07 bits per heavy atom. The summed E-state index contributed by atoms with van der Waals surface area (Å²) in [4.78, 5) is 21.9. The second kappa shape index (κ2) is 9.43. The van der Waals surface area contributed by atoms with E-state index in [0.29, 0.717) is 28.8 Å². The van der Waals surface area contributed by atoms with Crippen molar-refractivity contribution in [2.45, 2.75) is 18.7 Å². The molecule has 30 heavy (non-hydrogen) atoms. The SMILES string of the molecule is CCN(CC)CCN(C(=O)c1ccccc1S(C)(=O)=O)c1nc2c(Cl)cccc2s1. The summed E-state index contributed by atoms with van der Waals surface area (Å²) in [6.45, 7) is 6.85. The van der Waals surface area contributed by atoms with Gasteiger partial charge in [0.25, 0.3) is 5.91 Å². The van der Waals surface area contributed by atoms with Gasteiger partial charge in [-0.3, -0.25) is 9.69 Å². The van der Waals surface area contributed by atoms with E-state index in [2.05, 4.69) is 23.7 Å². The first-order chi connectivity index (χ1) is 14.3. The minimum atomic E-state index is -3.56. The summed E-state index contributed by atoms with van der Waals surface area (Å²) in [6, 6.07) is 11.8. The Bertz CT molecular complexity index is 1160. The molecule has 0 bridgehead atoms. The van der Waals surface area contributed by atoms with Crippen LogP contribution in [0, 0.1) is 0 Å². The van der Waals surface area contributed by atoms with E-state index in [0.717, 1.165) is 24.0 Å². The molecule has 0 fully saturated rings. The number of carbonyl (C=O) groups is 1. The quantitative estimate of drug-likeness (QED) is 0.494. The number of fused-ring (bicyclic) bond motifs is 1. The van der Waals surface area contributed by atoms with Crippen LogP contribution >= 0.6 is 22.9 Å². The Hall–Kier alpha value is -2.00. The second-order valence-corrected chi connectivity index (χ2v) is 10.2. The third-order valence-corrected chi connectivity index (χ3v) is 7.39. The maximum Gasteiger partial charge on any atom is 0.261 e. The summed E-state index contributed by atoms with van der Waals surface area (Å²) in [7, 11) is -3.56. The molecule has 3 aromatic rings. The third-order valence-electron chi connectivity index (χ3n) is 4.89. The summed E-state index contributed by atoms with van der Waals surface area (Å²) in [5.41, 5.74) is 0.779. The highest BCUT2D eigenvalue weighted by molar-refractivity contribution is 7.90. The summed E-state index contributed by atoms with van der Waals surface area (Å²) in [6.07, 6.45) is 1.11. The van der Waals surface area contributed by atoms with Crippen molar-refractivity contribution in [2.24, 2.45) is 0 Å². The zero-order valence-electron chi connectivity index (χ0n) is 17.1. The molecule has 3 rings (SSSR count). The Labute approximate surface area is 186 Å². The number of carbonyl (C=O) groups excluding carboxylic acids is 1. The fourth-order valence-corrected chi connectivity index (χ4v) is 5.37. The Morgan fingerprint density at radius 2 is 1.77 bits per heavy atom. The number of benzene rings is 2. The van der Waals surface area contributed by atoms with E-state index in [4.69, 9.17) is 11.6 Å². The number of hydrogen-bond donors (Lipinski definition) is 0. The van der Waals surface area contributed by atoms with Crippen LogP contribution in [0.4, 0.5) is 5.13 Å². The average molecular weight is 466 g/mol. The molecular formula is C21H24ClN3O3S2.